The Hall–Kier alpha value is -2.95. The van der Waals surface area contributed by atoms with Crippen molar-refractivity contribution in [1.82, 2.24) is 20.0 Å². The van der Waals surface area contributed by atoms with Gasteiger partial charge in [-0.25, -0.2) is 9.07 Å². The smallest absolute Gasteiger partial charge is 0.378 e. The van der Waals surface area contributed by atoms with Crippen molar-refractivity contribution in [2.45, 2.75) is 12.6 Å². The summed E-state index contributed by atoms with van der Waals surface area (Å²) in [5, 5.41) is 5.85. The molecular formula is C18H18F4N4O3. The number of carbonyl (C=O) groups is 2. The molecule has 1 aromatic heterocycles. The van der Waals surface area contributed by atoms with Crippen LogP contribution in [0, 0.1) is 5.82 Å². The molecule has 0 spiro atoms. The zero-order valence-corrected chi connectivity index (χ0v) is 15.2. The van der Waals surface area contributed by atoms with E-state index in [9.17, 15) is 27.2 Å². The highest BCUT2D eigenvalue weighted by Gasteiger charge is 2.41. The molecule has 0 aliphatic carbocycles. The molecule has 2 heterocycles. The number of ether oxygens (including phenoxy) is 1. The fourth-order valence-corrected chi connectivity index (χ4v) is 2.94. The molecule has 2 amide bonds. The molecule has 0 atom stereocenters. The van der Waals surface area contributed by atoms with Crippen LogP contribution in [0.25, 0.3) is 5.69 Å². The average Bonchev–Trinajstić information content (AvgIpc) is 3.14. The van der Waals surface area contributed by atoms with Crippen LogP contribution in [0.15, 0.2) is 30.5 Å². The van der Waals surface area contributed by atoms with Crippen LogP contribution in [0.3, 0.4) is 0 Å². The van der Waals surface area contributed by atoms with Crippen LogP contribution in [-0.4, -0.2) is 59.3 Å². The molecule has 0 bridgehead atoms. The quantitative estimate of drug-likeness (QED) is 0.760. The molecule has 1 aliphatic heterocycles. The minimum atomic E-state index is -4.95. The Kier molecular flexibility index (Phi) is 6.16. The van der Waals surface area contributed by atoms with Crippen LogP contribution in [0.1, 0.15) is 22.5 Å². The average molecular weight is 414 g/mol. The Labute approximate surface area is 163 Å². The van der Waals surface area contributed by atoms with Gasteiger partial charge in [0.2, 0.25) is 5.91 Å². The van der Waals surface area contributed by atoms with Crippen molar-refractivity contribution < 1.29 is 31.9 Å². The number of carbonyl (C=O) groups excluding carboxylic acids is 2. The summed E-state index contributed by atoms with van der Waals surface area (Å²) < 4.78 is 60.2. The number of para-hydroxylation sites is 1. The Bertz CT molecular complexity index is 891. The highest BCUT2D eigenvalue weighted by molar-refractivity contribution is 5.95. The van der Waals surface area contributed by atoms with Gasteiger partial charge in [0.1, 0.15) is 11.5 Å². The summed E-state index contributed by atoms with van der Waals surface area (Å²) in [7, 11) is 0. The zero-order chi connectivity index (χ0) is 21.0. The third kappa shape index (κ3) is 4.73. The highest BCUT2D eigenvalue weighted by atomic mass is 19.4. The molecule has 1 aliphatic rings. The number of alkyl halides is 3. The Morgan fingerprint density at radius 1 is 1.17 bits per heavy atom. The fraction of sp³-hybridized carbons (Fsp3) is 0.389. The second-order valence-electron chi connectivity index (χ2n) is 6.27. The maximum absolute atomic E-state index is 13.9. The number of benzene rings is 1. The van der Waals surface area contributed by atoms with E-state index in [-0.39, 0.29) is 18.9 Å². The first-order chi connectivity index (χ1) is 13.8. The van der Waals surface area contributed by atoms with Crippen molar-refractivity contribution in [2.24, 2.45) is 0 Å². The van der Waals surface area contributed by atoms with Gasteiger partial charge < -0.3 is 15.0 Å². The summed E-state index contributed by atoms with van der Waals surface area (Å²) in [6.45, 7) is 1.56. The third-order valence-corrected chi connectivity index (χ3v) is 4.35. The molecule has 1 N–H and O–H groups in total. The Morgan fingerprint density at radius 3 is 2.52 bits per heavy atom. The van der Waals surface area contributed by atoms with Crippen molar-refractivity contribution in [1.29, 1.82) is 0 Å². The maximum atomic E-state index is 13.9. The number of halogens is 4. The molecular weight excluding hydrogens is 396 g/mol. The lowest BCUT2D eigenvalue weighted by Gasteiger charge is -2.26. The van der Waals surface area contributed by atoms with Gasteiger partial charge in [0, 0.05) is 26.1 Å². The van der Waals surface area contributed by atoms with Crippen molar-refractivity contribution in [2.75, 3.05) is 32.8 Å². The number of amides is 2. The molecule has 1 aromatic carbocycles. The largest absolute Gasteiger partial charge is 0.434 e. The lowest BCUT2D eigenvalue weighted by Crippen LogP contribution is -2.42. The molecule has 11 heteroatoms. The highest BCUT2D eigenvalue weighted by Crippen LogP contribution is 2.34. The minimum absolute atomic E-state index is 0.0610. The van der Waals surface area contributed by atoms with E-state index in [1.54, 1.807) is 4.90 Å². The zero-order valence-electron chi connectivity index (χ0n) is 15.2. The number of nitrogens with one attached hydrogen (secondary N) is 1. The lowest BCUT2D eigenvalue weighted by molar-refractivity contribution is -0.143. The van der Waals surface area contributed by atoms with Crippen LogP contribution in [0.5, 0.6) is 0 Å². The van der Waals surface area contributed by atoms with Gasteiger partial charge in [0.15, 0.2) is 5.69 Å². The van der Waals surface area contributed by atoms with Gasteiger partial charge in [-0.05, 0) is 12.1 Å². The maximum Gasteiger partial charge on any atom is 0.434 e. The number of morpholine rings is 1. The molecule has 3 rings (SSSR count). The molecule has 29 heavy (non-hydrogen) atoms. The van der Waals surface area contributed by atoms with Crippen LogP contribution >= 0.6 is 0 Å². The SMILES string of the molecule is O=C(NCCC(=O)N1CCOCC1)c1cnn(-c2ccccc2F)c1C(F)(F)F. The fourth-order valence-electron chi connectivity index (χ4n) is 2.94. The normalized spacial score (nSPS) is 14.7. The molecule has 0 saturated carbocycles. The van der Waals surface area contributed by atoms with Crippen LogP contribution in [-0.2, 0) is 15.7 Å². The lowest BCUT2D eigenvalue weighted by atomic mass is 10.2. The van der Waals surface area contributed by atoms with E-state index < -0.39 is 34.8 Å². The van der Waals surface area contributed by atoms with Gasteiger partial charge in [-0.15, -0.1) is 0 Å². The van der Waals surface area contributed by atoms with E-state index in [2.05, 4.69) is 10.4 Å². The van der Waals surface area contributed by atoms with E-state index in [0.717, 1.165) is 18.3 Å². The second-order valence-corrected chi connectivity index (χ2v) is 6.27. The predicted molar refractivity (Wildman–Crippen MR) is 92.9 cm³/mol. The number of nitrogens with zero attached hydrogens (tertiary/aromatic N) is 3. The molecule has 7 nitrogen and oxygen atoms in total. The second kappa shape index (κ2) is 8.60. The number of hydrogen-bond acceptors (Lipinski definition) is 4. The van der Waals surface area contributed by atoms with E-state index in [1.165, 1.54) is 12.1 Å². The van der Waals surface area contributed by atoms with Gasteiger partial charge in [0.05, 0.1) is 25.0 Å². The van der Waals surface area contributed by atoms with E-state index in [4.69, 9.17) is 4.74 Å². The Morgan fingerprint density at radius 2 is 1.86 bits per heavy atom. The summed E-state index contributed by atoms with van der Waals surface area (Å²) in [4.78, 5) is 25.9. The monoisotopic (exact) mass is 414 g/mol. The van der Waals surface area contributed by atoms with Crippen molar-refractivity contribution >= 4 is 11.8 Å². The molecule has 1 fully saturated rings. The molecule has 1 saturated heterocycles. The number of hydrogen-bond donors (Lipinski definition) is 1. The standard InChI is InChI=1S/C18H18F4N4O3/c19-13-3-1-2-4-14(13)26-16(18(20,21)22)12(11-24-26)17(28)23-6-5-15(27)25-7-9-29-10-8-25/h1-4,11H,5-10H2,(H,23,28). The van der Waals surface area contributed by atoms with Gasteiger partial charge in [-0.1, -0.05) is 12.1 Å². The summed E-state index contributed by atoms with van der Waals surface area (Å²) in [5.41, 5.74) is -2.57. The summed E-state index contributed by atoms with van der Waals surface area (Å²) in [6.07, 6.45) is -4.28. The first-order valence-corrected chi connectivity index (χ1v) is 8.83. The molecule has 0 unspecified atom stereocenters. The van der Waals surface area contributed by atoms with Crippen molar-refractivity contribution in [3.63, 3.8) is 0 Å². The number of aromatic nitrogens is 2. The third-order valence-electron chi connectivity index (χ3n) is 4.35. The van der Waals surface area contributed by atoms with Gasteiger partial charge in [-0.3, -0.25) is 9.59 Å². The number of rotatable bonds is 5. The van der Waals surface area contributed by atoms with Crippen molar-refractivity contribution in [3.8, 4) is 5.69 Å². The van der Waals surface area contributed by atoms with Crippen molar-refractivity contribution in [3.05, 3.63) is 47.5 Å². The van der Waals surface area contributed by atoms with Crippen LogP contribution in [0.2, 0.25) is 0 Å². The van der Waals surface area contributed by atoms with Gasteiger partial charge >= 0.3 is 6.18 Å². The minimum Gasteiger partial charge on any atom is -0.378 e. The van der Waals surface area contributed by atoms with E-state index in [1.807, 2.05) is 0 Å². The first kappa shape index (κ1) is 20.8. The first-order valence-electron chi connectivity index (χ1n) is 8.83. The van der Waals surface area contributed by atoms with Gasteiger partial charge in [0.25, 0.3) is 5.91 Å². The molecule has 0 radical (unpaired) electrons. The van der Waals surface area contributed by atoms with Crippen LogP contribution in [0.4, 0.5) is 17.6 Å². The molecule has 156 valence electrons. The predicted octanol–water partition coefficient (Wildman–Crippen LogP) is 2.01. The Balaban J connectivity index is 1.73. The van der Waals surface area contributed by atoms with E-state index in [0.29, 0.717) is 31.0 Å². The topological polar surface area (TPSA) is 76.5 Å². The summed E-state index contributed by atoms with van der Waals surface area (Å²) in [5.74, 6) is -2.19. The van der Waals surface area contributed by atoms with Gasteiger partial charge in [-0.2, -0.15) is 18.3 Å². The summed E-state index contributed by atoms with van der Waals surface area (Å²) >= 11 is 0. The summed E-state index contributed by atoms with van der Waals surface area (Å²) in [6, 6.07) is 4.81. The van der Waals surface area contributed by atoms with E-state index >= 15 is 0 Å². The van der Waals surface area contributed by atoms with Crippen LogP contribution < -0.4 is 5.32 Å². The molecule has 2 aromatic rings.